The van der Waals surface area contributed by atoms with Crippen LogP contribution in [0.5, 0.6) is 0 Å². The van der Waals surface area contributed by atoms with E-state index in [1.165, 1.54) is 6.20 Å². The van der Waals surface area contributed by atoms with Gasteiger partial charge in [-0.25, -0.2) is 4.79 Å². The molecule has 0 aliphatic carbocycles. The Kier molecular flexibility index (Phi) is 4.04. The van der Waals surface area contributed by atoms with Gasteiger partial charge in [-0.05, 0) is 12.8 Å². The van der Waals surface area contributed by atoms with E-state index < -0.39 is 23.4 Å². The number of amides is 1. The number of carboxylic acids is 2. The van der Waals surface area contributed by atoms with Crippen LogP contribution in [0.3, 0.4) is 0 Å². The first kappa shape index (κ1) is 16.4. The average molecular weight is 336 g/mol. The third-order valence-electron chi connectivity index (χ3n) is 5.42. The maximum atomic E-state index is 12.0. The molecule has 0 aromatic carbocycles. The highest BCUT2D eigenvalue weighted by Gasteiger charge is 2.55. The van der Waals surface area contributed by atoms with E-state index in [9.17, 15) is 19.5 Å². The molecule has 9 heteroatoms. The van der Waals surface area contributed by atoms with Gasteiger partial charge < -0.3 is 15.1 Å². The Morgan fingerprint density at radius 3 is 2.62 bits per heavy atom. The number of aromatic carboxylic acids is 1. The molecule has 3 N–H and O–H groups in total. The van der Waals surface area contributed by atoms with Gasteiger partial charge in [-0.3, -0.25) is 19.6 Å². The van der Waals surface area contributed by atoms with E-state index in [2.05, 4.69) is 15.1 Å². The van der Waals surface area contributed by atoms with Gasteiger partial charge in [-0.1, -0.05) is 0 Å². The summed E-state index contributed by atoms with van der Waals surface area (Å²) in [6.07, 6.45) is 2.68. The number of aromatic nitrogens is 2. The highest BCUT2D eigenvalue weighted by Crippen LogP contribution is 2.43. The number of carboxylic acid groups (broad SMARTS) is 2. The lowest BCUT2D eigenvalue weighted by molar-refractivity contribution is -0.146. The molecule has 1 aromatic heterocycles. The molecule has 0 radical (unpaired) electrons. The monoisotopic (exact) mass is 336 g/mol. The molecule has 24 heavy (non-hydrogen) atoms. The summed E-state index contributed by atoms with van der Waals surface area (Å²) < 4.78 is 0. The summed E-state index contributed by atoms with van der Waals surface area (Å²) in [6, 6.07) is 0. The minimum atomic E-state index is -1.05. The molecule has 2 aliphatic heterocycles. The van der Waals surface area contributed by atoms with Gasteiger partial charge in [0.2, 0.25) is 5.91 Å². The van der Waals surface area contributed by atoms with Gasteiger partial charge in [0.15, 0.2) is 0 Å². The Balaban J connectivity index is 1.71. The molecule has 2 aliphatic rings. The molecule has 0 unspecified atom stereocenters. The SMILES string of the molecule is CN1C(=O)C[C@@H](C(=O)O)C12CCN(Cc1cn[nH]c1C(=O)O)CC2. The number of rotatable bonds is 4. The Morgan fingerprint density at radius 2 is 2.04 bits per heavy atom. The molecule has 1 aromatic rings. The lowest BCUT2D eigenvalue weighted by atomic mass is 9.77. The van der Waals surface area contributed by atoms with Crippen LogP contribution in [0.25, 0.3) is 0 Å². The van der Waals surface area contributed by atoms with Crippen molar-refractivity contribution in [3.8, 4) is 0 Å². The summed E-state index contributed by atoms with van der Waals surface area (Å²) in [6.45, 7) is 1.64. The van der Waals surface area contributed by atoms with Crippen molar-refractivity contribution in [1.29, 1.82) is 0 Å². The van der Waals surface area contributed by atoms with Crippen LogP contribution in [0.1, 0.15) is 35.3 Å². The fourth-order valence-corrected chi connectivity index (χ4v) is 3.94. The number of likely N-dealkylation sites (tertiary alicyclic amines) is 2. The van der Waals surface area contributed by atoms with E-state index in [4.69, 9.17) is 5.11 Å². The van der Waals surface area contributed by atoms with E-state index in [1.54, 1.807) is 11.9 Å². The second kappa shape index (κ2) is 5.90. The first-order valence-corrected chi connectivity index (χ1v) is 7.82. The standard InChI is InChI=1S/C15H20N4O5/c1-18-11(20)6-10(13(21)22)15(18)2-4-19(5-3-15)8-9-7-16-17-12(9)14(23)24/h7,10H,2-6,8H2,1H3,(H,16,17)(H,21,22)(H,23,24)/t10-/m0/s1. The van der Waals surface area contributed by atoms with Crippen molar-refractivity contribution in [2.75, 3.05) is 20.1 Å². The van der Waals surface area contributed by atoms with Crippen molar-refractivity contribution in [2.45, 2.75) is 31.3 Å². The number of H-pyrrole nitrogens is 1. The fourth-order valence-electron chi connectivity index (χ4n) is 3.94. The summed E-state index contributed by atoms with van der Waals surface area (Å²) in [5.74, 6) is -2.79. The predicted octanol–water partition coefficient (Wildman–Crippen LogP) is 0.00540. The van der Waals surface area contributed by atoms with Crippen LogP contribution in [0.2, 0.25) is 0 Å². The van der Waals surface area contributed by atoms with E-state index in [1.807, 2.05) is 0 Å². The van der Waals surface area contributed by atoms with E-state index in [0.29, 0.717) is 38.0 Å². The zero-order valence-electron chi connectivity index (χ0n) is 13.4. The zero-order valence-corrected chi connectivity index (χ0v) is 13.4. The molecule has 3 heterocycles. The Hall–Kier alpha value is -2.42. The minimum absolute atomic E-state index is 0.0523. The van der Waals surface area contributed by atoms with Crippen LogP contribution in [-0.2, 0) is 16.1 Å². The largest absolute Gasteiger partial charge is 0.481 e. The predicted molar refractivity (Wildman–Crippen MR) is 81.3 cm³/mol. The summed E-state index contributed by atoms with van der Waals surface area (Å²) >= 11 is 0. The number of aliphatic carboxylic acids is 1. The molecule has 1 amide bonds. The minimum Gasteiger partial charge on any atom is -0.481 e. The second-order valence-corrected chi connectivity index (χ2v) is 6.50. The molecule has 2 saturated heterocycles. The van der Waals surface area contributed by atoms with Crippen LogP contribution in [0.15, 0.2) is 6.20 Å². The van der Waals surface area contributed by atoms with Crippen molar-refractivity contribution in [3.63, 3.8) is 0 Å². The summed E-state index contributed by atoms with van der Waals surface area (Å²) in [5.41, 5.74) is 0.0433. The third kappa shape index (κ3) is 2.54. The lowest BCUT2D eigenvalue weighted by Crippen LogP contribution is -2.55. The normalized spacial score (nSPS) is 23.8. The maximum absolute atomic E-state index is 12.0. The van der Waals surface area contributed by atoms with Gasteiger partial charge in [0, 0.05) is 38.7 Å². The summed E-state index contributed by atoms with van der Waals surface area (Å²) in [4.78, 5) is 38.3. The molecule has 3 rings (SSSR count). The number of aromatic amines is 1. The fraction of sp³-hybridized carbons (Fsp3) is 0.600. The first-order valence-electron chi connectivity index (χ1n) is 7.82. The van der Waals surface area contributed by atoms with Gasteiger partial charge in [0.05, 0.1) is 17.7 Å². The van der Waals surface area contributed by atoms with E-state index in [-0.39, 0.29) is 18.0 Å². The molecule has 1 atom stereocenters. The number of hydrogen-bond acceptors (Lipinski definition) is 5. The van der Waals surface area contributed by atoms with Crippen molar-refractivity contribution >= 4 is 17.8 Å². The van der Waals surface area contributed by atoms with E-state index in [0.717, 1.165) is 0 Å². The highest BCUT2D eigenvalue weighted by atomic mass is 16.4. The Bertz CT molecular complexity index is 677. The number of carbonyl (C=O) groups is 3. The van der Waals surface area contributed by atoms with Crippen LogP contribution >= 0.6 is 0 Å². The van der Waals surface area contributed by atoms with Gasteiger partial charge in [0.1, 0.15) is 5.69 Å². The molecule has 130 valence electrons. The molecule has 0 saturated carbocycles. The summed E-state index contributed by atoms with van der Waals surface area (Å²) in [7, 11) is 1.68. The molecule has 1 spiro atoms. The number of hydrogen-bond donors (Lipinski definition) is 3. The topological polar surface area (TPSA) is 127 Å². The third-order valence-corrected chi connectivity index (χ3v) is 5.42. The number of nitrogens with zero attached hydrogens (tertiary/aromatic N) is 3. The van der Waals surface area contributed by atoms with Crippen molar-refractivity contribution < 1.29 is 24.6 Å². The van der Waals surface area contributed by atoms with Gasteiger partial charge in [-0.2, -0.15) is 5.10 Å². The Labute approximate surface area is 138 Å². The second-order valence-electron chi connectivity index (χ2n) is 6.50. The van der Waals surface area contributed by atoms with Crippen LogP contribution in [0, 0.1) is 5.92 Å². The van der Waals surface area contributed by atoms with Crippen molar-refractivity contribution in [2.24, 2.45) is 5.92 Å². The smallest absolute Gasteiger partial charge is 0.354 e. The number of carbonyl (C=O) groups excluding carboxylic acids is 1. The zero-order chi connectivity index (χ0) is 17.5. The molecule has 2 fully saturated rings. The maximum Gasteiger partial charge on any atom is 0.354 e. The first-order chi connectivity index (χ1) is 11.3. The van der Waals surface area contributed by atoms with Gasteiger partial charge in [-0.15, -0.1) is 0 Å². The highest BCUT2D eigenvalue weighted by molar-refractivity contribution is 5.88. The van der Waals surface area contributed by atoms with E-state index >= 15 is 0 Å². The van der Waals surface area contributed by atoms with Gasteiger partial charge >= 0.3 is 11.9 Å². The number of piperidine rings is 1. The quantitative estimate of drug-likeness (QED) is 0.706. The lowest BCUT2D eigenvalue weighted by Gasteiger charge is -2.45. The average Bonchev–Trinajstić information content (AvgIpc) is 3.09. The van der Waals surface area contributed by atoms with Crippen LogP contribution in [-0.4, -0.2) is 73.7 Å². The van der Waals surface area contributed by atoms with Gasteiger partial charge in [0.25, 0.3) is 0 Å². The van der Waals surface area contributed by atoms with Crippen LogP contribution < -0.4 is 0 Å². The van der Waals surface area contributed by atoms with Crippen molar-refractivity contribution in [1.82, 2.24) is 20.0 Å². The molecule has 9 nitrogen and oxygen atoms in total. The molecular formula is C15H20N4O5. The molecular weight excluding hydrogens is 316 g/mol. The van der Waals surface area contributed by atoms with Crippen molar-refractivity contribution in [3.05, 3.63) is 17.5 Å². The van der Waals surface area contributed by atoms with Crippen LogP contribution in [0.4, 0.5) is 0 Å². The Morgan fingerprint density at radius 1 is 1.38 bits per heavy atom. The summed E-state index contributed by atoms with van der Waals surface area (Å²) in [5, 5.41) is 24.8. The number of nitrogens with one attached hydrogen (secondary N) is 1. The molecule has 0 bridgehead atoms.